The van der Waals surface area contributed by atoms with E-state index in [1.807, 2.05) is 13.8 Å². The van der Waals surface area contributed by atoms with Crippen molar-refractivity contribution in [3.63, 3.8) is 0 Å². The molecule has 112 valence electrons. The van der Waals surface area contributed by atoms with Gasteiger partial charge in [0.25, 0.3) is 0 Å². The number of halogens is 4. The first kappa shape index (κ1) is 15.6. The molecular formula is C15H13ClF3NO. The summed E-state index contributed by atoms with van der Waals surface area (Å²) in [5, 5.41) is 0.451. The Labute approximate surface area is 125 Å². The minimum atomic E-state index is -4.52. The third-order valence-corrected chi connectivity index (χ3v) is 3.21. The molecule has 0 saturated heterocycles. The van der Waals surface area contributed by atoms with E-state index in [1.54, 1.807) is 12.1 Å². The molecule has 21 heavy (non-hydrogen) atoms. The summed E-state index contributed by atoms with van der Waals surface area (Å²) < 4.78 is 43.8. The number of pyridine rings is 1. The molecular weight excluding hydrogens is 303 g/mol. The number of alkyl halides is 3. The van der Waals surface area contributed by atoms with E-state index >= 15 is 0 Å². The quantitative estimate of drug-likeness (QED) is 0.728. The van der Waals surface area contributed by atoms with Gasteiger partial charge in [0.2, 0.25) is 5.88 Å². The molecule has 0 aliphatic carbocycles. The molecule has 2 aromatic rings. The lowest BCUT2D eigenvalue weighted by Crippen LogP contribution is -2.08. The fourth-order valence-electron chi connectivity index (χ4n) is 1.84. The summed E-state index contributed by atoms with van der Waals surface area (Å²) in [6, 6.07) is 6.94. The van der Waals surface area contributed by atoms with Gasteiger partial charge in [-0.2, -0.15) is 13.2 Å². The number of hydrogen-bond donors (Lipinski definition) is 0. The molecule has 0 bridgehead atoms. The molecule has 0 aliphatic heterocycles. The molecule has 0 radical (unpaired) electrons. The third kappa shape index (κ3) is 3.67. The Morgan fingerprint density at radius 2 is 1.90 bits per heavy atom. The van der Waals surface area contributed by atoms with Crippen LogP contribution in [-0.4, -0.2) is 4.98 Å². The SMILES string of the molecule is CC(C)c1ccc(Oc2ncccc2C(F)(F)F)cc1Cl. The highest BCUT2D eigenvalue weighted by molar-refractivity contribution is 6.31. The van der Waals surface area contributed by atoms with Gasteiger partial charge in [-0.3, -0.25) is 0 Å². The van der Waals surface area contributed by atoms with Gasteiger partial charge < -0.3 is 4.74 Å². The van der Waals surface area contributed by atoms with Crippen LogP contribution in [-0.2, 0) is 6.18 Å². The normalized spacial score (nSPS) is 11.8. The second kappa shape index (κ2) is 5.93. The average Bonchev–Trinajstić information content (AvgIpc) is 2.37. The third-order valence-electron chi connectivity index (χ3n) is 2.89. The molecule has 1 aromatic carbocycles. The monoisotopic (exact) mass is 315 g/mol. The Kier molecular flexibility index (Phi) is 4.42. The van der Waals surface area contributed by atoms with E-state index in [1.165, 1.54) is 18.3 Å². The van der Waals surface area contributed by atoms with Crippen molar-refractivity contribution in [2.24, 2.45) is 0 Å². The van der Waals surface area contributed by atoms with Crippen LogP contribution in [0.3, 0.4) is 0 Å². The van der Waals surface area contributed by atoms with Crippen LogP contribution in [0.15, 0.2) is 36.5 Å². The summed E-state index contributed by atoms with van der Waals surface area (Å²) in [4.78, 5) is 3.64. The van der Waals surface area contributed by atoms with E-state index in [0.717, 1.165) is 11.6 Å². The summed E-state index contributed by atoms with van der Waals surface area (Å²) >= 11 is 6.10. The van der Waals surface area contributed by atoms with E-state index in [2.05, 4.69) is 4.98 Å². The lowest BCUT2D eigenvalue weighted by molar-refractivity contribution is -0.138. The summed E-state index contributed by atoms with van der Waals surface area (Å²) in [6.07, 6.45) is -3.28. The summed E-state index contributed by atoms with van der Waals surface area (Å²) in [6.45, 7) is 3.95. The minimum Gasteiger partial charge on any atom is -0.438 e. The molecule has 0 saturated carbocycles. The number of benzene rings is 1. The Bertz CT molecular complexity index is 641. The van der Waals surface area contributed by atoms with Gasteiger partial charge in [0.1, 0.15) is 11.3 Å². The zero-order valence-corrected chi connectivity index (χ0v) is 12.2. The van der Waals surface area contributed by atoms with E-state index in [9.17, 15) is 13.2 Å². The molecule has 6 heteroatoms. The van der Waals surface area contributed by atoms with E-state index in [4.69, 9.17) is 16.3 Å². The van der Waals surface area contributed by atoms with E-state index in [0.29, 0.717) is 5.02 Å². The lowest BCUT2D eigenvalue weighted by Gasteiger charge is -2.13. The number of aromatic nitrogens is 1. The van der Waals surface area contributed by atoms with Crippen molar-refractivity contribution < 1.29 is 17.9 Å². The maximum Gasteiger partial charge on any atom is 0.421 e. The predicted molar refractivity (Wildman–Crippen MR) is 74.9 cm³/mol. The van der Waals surface area contributed by atoms with Crippen LogP contribution in [0, 0.1) is 0 Å². The van der Waals surface area contributed by atoms with Crippen molar-refractivity contribution in [2.45, 2.75) is 25.9 Å². The minimum absolute atomic E-state index is 0.215. The Hall–Kier alpha value is -1.75. The van der Waals surface area contributed by atoms with Crippen molar-refractivity contribution >= 4 is 11.6 Å². The van der Waals surface area contributed by atoms with Gasteiger partial charge in [0.15, 0.2) is 0 Å². The Morgan fingerprint density at radius 3 is 2.48 bits per heavy atom. The zero-order valence-electron chi connectivity index (χ0n) is 11.4. The number of nitrogens with zero attached hydrogens (tertiary/aromatic N) is 1. The molecule has 0 fully saturated rings. The van der Waals surface area contributed by atoms with Crippen LogP contribution < -0.4 is 4.74 Å². The molecule has 2 rings (SSSR count). The molecule has 1 aromatic heterocycles. The topological polar surface area (TPSA) is 22.1 Å². The van der Waals surface area contributed by atoms with Crippen LogP contribution in [0.4, 0.5) is 13.2 Å². The zero-order chi connectivity index (χ0) is 15.6. The number of ether oxygens (including phenoxy) is 1. The van der Waals surface area contributed by atoms with Crippen LogP contribution in [0.2, 0.25) is 5.02 Å². The standard InChI is InChI=1S/C15H13ClF3NO/c1-9(2)11-6-5-10(8-13(11)16)21-14-12(15(17,18)19)4-3-7-20-14/h3-9H,1-2H3. The molecule has 0 aliphatic rings. The van der Waals surface area contributed by atoms with Gasteiger partial charge in [-0.1, -0.05) is 31.5 Å². The highest BCUT2D eigenvalue weighted by Gasteiger charge is 2.35. The maximum absolute atomic E-state index is 12.9. The molecule has 2 nitrogen and oxygen atoms in total. The van der Waals surface area contributed by atoms with Crippen molar-refractivity contribution in [3.8, 4) is 11.6 Å². The molecule has 0 unspecified atom stereocenters. The van der Waals surface area contributed by atoms with Crippen molar-refractivity contribution in [1.82, 2.24) is 4.98 Å². The maximum atomic E-state index is 12.9. The number of rotatable bonds is 3. The number of hydrogen-bond acceptors (Lipinski definition) is 2. The van der Waals surface area contributed by atoms with Gasteiger partial charge in [-0.05, 0) is 35.7 Å². The Balaban J connectivity index is 2.33. The smallest absolute Gasteiger partial charge is 0.421 e. The van der Waals surface area contributed by atoms with Crippen molar-refractivity contribution in [2.75, 3.05) is 0 Å². The van der Waals surface area contributed by atoms with Crippen LogP contribution >= 0.6 is 11.6 Å². The van der Waals surface area contributed by atoms with E-state index in [-0.39, 0.29) is 11.7 Å². The first-order valence-electron chi connectivity index (χ1n) is 6.28. The largest absolute Gasteiger partial charge is 0.438 e. The summed E-state index contributed by atoms with van der Waals surface area (Å²) in [7, 11) is 0. The second-order valence-electron chi connectivity index (χ2n) is 4.79. The van der Waals surface area contributed by atoms with Crippen molar-refractivity contribution in [3.05, 3.63) is 52.7 Å². The fraction of sp³-hybridized carbons (Fsp3) is 0.267. The molecule has 0 N–H and O–H groups in total. The lowest BCUT2D eigenvalue weighted by atomic mass is 10.0. The van der Waals surface area contributed by atoms with Gasteiger partial charge in [0.05, 0.1) is 0 Å². The summed E-state index contributed by atoms with van der Waals surface area (Å²) in [5.74, 6) is -0.0564. The van der Waals surface area contributed by atoms with Gasteiger partial charge in [-0.15, -0.1) is 0 Å². The average molecular weight is 316 g/mol. The van der Waals surface area contributed by atoms with Crippen LogP contribution in [0.5, 0.6) is 11.6 Å². The van der Waals surface area contributed by atoms with Gasteiger partial charge in [0, 0.05) is 11.2 Å². The highest BCUT2D eigenvalue weighted by Crippen LogP contribution is 2.37. The molecule has 0 spiro atoms. The van der Waals surface area contributed by atoms with E-state index < -0.39 is 17.6 Å². The highest BCUT2D eigenvalue weighted by atomic mass is 35.5. The molecule has 0 amide bonds. The molecule has 1 heterocycles. The first-order valence-corrected chi connectivity index (χ1v) is 6.66. The summed E-state index contributed by atoms with van der Waals surface area (Å²) in [5.41, 5.74) is -0.0184. The van der Waals surface area contributed by atoms with Gasteiger partial charge in [-0.25, -0.2) is 4.98 Å². The second-order valence-corrected chi connectivity index (χ2v) is 5.20. The van der Waals surface area contributed by atoms with Gasteiger partial charge >= 0.3 is 6.18 Å². The first-order chi connectivity index (χ1) is 9.79. The molecule has 0 atom stereocenters. The fourth-order valence-corrected chi connectivity index (χ4v) is 2.23. The Morgan fingerprint density at radius 1 is 1.19 bits per heavy atom. The van der Waals surface area contributed by atoms with Crippen molar-refractivity contribution in [1.29, 1.82) is 0 Å². The predicted octanol–water partition coefficient (Wildman–Crippen LogP) is 5.67. The van der Waals surface area contributed by atoms with Crippen LogP contribution in [0.25, 0.3) is 0 Å². The van der Waals surface area contributed by atoms with Crippen LogP contribution in [0.1, 0.15) is 30.9 Å².